The van der Waals surface area contributed by atoms with Gasteiger partial charge in [0.1, 0.15) is 11.1 Å². The number of hydrogen-bond donors (Lipinski definition) is 2. The molecule has 0 bridgehead atoms. The summed E-state index contributed by atoms with van der Waals surface area (Å²) in [6.07, 6.45) is 3.13. The van der Waals surface area contributed by atoms with Crippen LogP contribution in [-0.2, 0) is 26.0 Å². The summed E-state index contributed by atoms with van der Waals surface area (Å²) >= 11 is 1.21. The van der Waals surface area contributed by atoms with Crippen molar-refractivity contribution in [1.29, 1.82) is 0 Å². The summed E-state index contributed by atoms with van der Waals surface area (Å²) in [6.45, 7) is -0.168. The largest absolute Gasteiger partial charge is 0.346 e. The smallest absolute Gasteiger partial charge is 0.309 e. The summed E-state index contributed by atoms with van der Waals surface area (Å²) in [4.78, 5) is 28.5. The molecule has 1 aromatic carbocycles. The third-order valence-electron chi connectivity index (χ3n) is 4.23. The number of nitrogens with one attached hydrogen (secondary N) is 2. The van der Waals surface area contributed by atoms with Gasteiger partial charge < -0.3 is 10.6 Å². The Morgan fingerprint density at radius 2 is 1.67 bits per heavy atom. The molecule has 1 atom stereocenters. The van der Waals surface area contributed by atoms with Gasteiger partial charge >= 0.3 is 11.8 Å². The minimum absolute atomic E-state index is 0.0707. The zero-order chi connectivity index (χ0) is 21.6. The first-order valence-electron chi connectivity index (χ1n) is 8.85. The summed E-state index contributed by atoms with van der Waals surface area (Å²) in [7, 11) is -3.93. The van der Waals surface area contributed by atoms with Gasteiger partial charge in [0, 0.05) is 30.4 Å². The van der Waals surface area contributed by atoms with Crippen molar-refractivity contribution in [2.75, 3.05) is 6.54 Å². The predicted octanol–water partition coefficient (Wildman–Crippen LogP) is 2.23. The molecule has 0 saturated carbocycles. The van der Waals surface area contributed by atoms with Gasteiger partial charge in [-0.3, -0.25) is 14.6 Å². The lowest BCUT2D eigenvalue weighted by Crippen LogP contribution is -2.42. The number of hydrogen-bond acceptors (Lipinski definition) is 6. The van der Waals surface area contributed by atoms with Crippen molar-refractivity contribution in [1.82, 2.24) is 15.6 Å². The normalized spacial score (nSPS) is 12.2. The Morgan fingerprint density at radius 1 is 1.00 bits per heavy atom. The first kappa shape index (κ1) is 21.6. The van der Waals surface area contributed by atoms with E-state index in [1.54, 1.807) is 42.0 Å². The number of benzene rings is 1. The molecule has 0 aliphatic rings. The van der Waals surface area contributed by atoms with Crippen molar-refractivity contribution in [3.05, 3.63) is 82.6 Å². The van der Waals surface area contributed by atoms with E-state index in [-0.39, 0.29) is 18.0 Å². The van der Waals surface area contributed by atoms with E-state index >= 15 is 0 Å². The van der Waals surface area contributed by atoms with E-state index in [2.05, 4.69) is 15.6 Å². The van der Waals surface area contributed by atoms with Gasteiger partial charge in [0.25, 0.3) is 0 Å². The fraction of sp³-hybridized carbons (Fsp3) is 0.150. The van der Waals surface area contributed by atoms with Crippen molar-refractivity contribution in [2.24, 2.45) is 0 Å². The van der Waals surface area contributed by atoms with Crippen LogP contribution in [0.4, 0.5) is 4.39 Å². The first-order chi connectivity index (χ1) is 14.4. The van der Waals surface area contributed by atoms with Crippen LogP contribution in [0, 0.1) is 5.82 Å². The number of rotatable bonds is 7. The Kier molecular flexibility index (Phi) is 6.91. The number of aromatic nitrogens is 1. The lowest BCUT2D eigenvalue weighted by atomic mass is 10.3. The number of nitrogens with zero attached hydrogens (tertiary/aromatic N) is 1. The molecule has 0 aliphatic heterocycles. The van der Waals surface area contributed by atoms with Crippen LogP contribution in [0.1, 0.15) is 15.7 Å². The van der Waals surface area contributed by atoms with Gasteiger partial charge in [0.2, 0.25) is 0 Å². The summed E-state index contributed by atoms with van der Waals surface area (Å²) in [5, 5.41) is 5.45. The van der Waals surface area contributed by atoms with Gasteiger partial charge in [-0.05, 0) is 53.4 Å². The van der Waals surface area contributed by atoms with Crippen molar-refractivity contribution in [3.8, 4) is 0 Å². The fourth-order valence-electron chi connectivity index (χ4n) is 2.66. The zero-order valence-electron chi connectivity index (χ0n) is 15.6. The van der Waals surface area contributed by atoms with Gasteiger partial charge in [0.05, 0.1) is 4.90 Å². The van der Waals surface area contributed by atoms with Crippen LogP contribution in [0.5, 0.6) is 0 Å². The third-order valence-corrected chi connectivity index (χ3v) is 7.47. The molecule has 0 fully saturated rings. The van der Waals surface area contributed by atoms with Crippen molar-refractivity contribution < 1.29 is 22.4 Å². The summed E-state index contributed by atoms with van der Waals surface area (Å²) in [5.41, 5.74) is 0.765. The third kappa shape index (κ3) is 5.28. The molecule has 0 spiro atoms. The second-order valence-corrected chi connectivity index (χ2v) is 9.36. The number of carbonyl (C=O) groups is 2. The van der Waals surface area contributed by atoms with Crippen LogP contribution in [0.3, 0.4) is 0 Å². The lowest BCUT2D eigenvalue weighted by molar-refractivity contribution is -0.139. The van der Waals surface area contributed by atoms with Gasteiger partial charge in [-0.1, -0.05) is 6.07 Å². The Morgan fingerprint density at radius 3 is 2.30 bits per heavy atom. The van der Waals surface area contributed by atoms with E-state index in [4.69, 9.17) is 0 Å². The zero-order valence-corrected chi connectivity index (χ0v) is 17.3. The molecule has 30 heavy (non-hydrogen) atoms. The molecular formula is C20H18FN3O4S2. The van der Waals surface area contributed by atoms with E-state index in [9.17, 15) is 22.4 Å². The number of amides is 2. The highest BCUT2D eigenvalue weighted by Gasteiger charge is 2.31. The van der Waals surface area contributed by atoms with E-state index < -0.39 is 32.7 Å². The van der Waals surface area contributed by atoms with E-state index in [1.165, 1.54) is 23.5 Å². The molecule has 3 rings (SSSR count). The number of pyridine rings is 1. The molecule has 2 N–H and O–H groups in total. The van der Waals surface area contributed by atoms with Crippen molar-refractivity contribution in [3.63, 3.8) is 0 Å². The Labute approximate surface area is 176 Å². The Hall–Kier alpha value is -3.11. The first-order valence-corrected chi connectivity index (χ1v) is 11.3. The summed E-state index contributed by atoms with van der Waals surface area (Å²) in [6, 6.07) is 11.2. The van der Waals surface area contributed by atoms with Gasteiger partial charge in [-0.2, -0.15) is 0 Å². The lowest BCUT2D eigenvalue weighted by Gasteiger charge is -2.17. The fourth-order valence-corrected chi connectivity index (χ4v) is 5.44. The molecule has 0 aliphatic carbocycles. The SMILES string of the molecule is O=C(NCc1ccncc1)C(=O)NC[C@H](c1cccs1)S(=O)(=O)c1ccc(F)cc1. The number of halogens is 1. The van der Waals surface area contributed by atoms with Gasteiger partial charge in [-0.15, -0.1) is 11.3 Å². The molecule has 2 heterocycles. The van der Waals surface area contributed by atoms with Crippen LogP contribution in [-0.4, -0.2) is 31.8 Å². The molecule has 2 amide bonds. The maximum Gasteiger partial charge on any atom is 0.309 e. The summed E-state index contributed by atoms with van der Waals surface area (Å²) in [5.74, 6) is -2.38. The predicted molar refractivity (Wildman–Crippen MR) is 110 cm³/mol. The van der Waals surface area contributed by atoms with Crippen LogP contribution in [0.15, 0.2) is 71.2 Å². The monoisotopic (exact) mass is 447 g/mol. The quantitative estimate of drug-likeness (QED) is 0.427. The molecular weight excluding hydrogens is 429 g/mol. The minimum Gasteiger partial charge on any atom is -0.346 e. The standard InChI is InChI=1S/C20H18FN3O4S2/c21-15-3-5-16(6-4-15)30(27,28)18(17-2-1-11-29-17)13-24-20(26)19(25)23-12-14-7-9-22-10-8-14/h1-11,18H,12-13H2,(H,23,25)(H,24,26)/t18-/m1/s1. The van der Waals surface area contributed by atoms with Crippen molar-refractivity contribution in [2.45, 2.75) is 16.7 Å². The molecule has 2 aromatic heterocycles. The van der Waals surface area contributed by atoms with E-state index in [0.717, 1.165) is 17.7 Å². The molecule has 10 heteroatoms. The van der Waals surface area contributed by atoms with Gasteiger partial charge in [0.15, 0.2) is 9.84 Å². The average molecular weight is 448 g/mol. The van der Waals surface area contributed by atoms with Crippen LogP contribution in [0.25, 0.3) is 0 Å². The van der Waals surface area contributed by atoms with Crippen molar-refractivity contribution >= 4 is 33.0 Å². The topological polar surface area (TPSA) is 105 Å². The number of thiophene rings is 1. The molecule has 3 aromatic rings. The molecule has 0 radical (unpaired) electrons. The highest BCUT2D eigenvalue weighted by molar-refractivity contribution is 7.91. The number of sulfone groups is 1. The molecule has 0 unspecified atom stereocenters. The maximum absolute atomic E-state index is 13.2. The molecule has 7 nitrogen and oxygen atoms in total. The summed E-state index contributed by atoms with van der Waals surface area (Å²) < 4.78 is 39.3. The van der Waals surface area contributed by atoms with E-state index in [1.807, 2.05) is 0 Å². The average Bonchev–Trinajstić information content (AvgIpc) is 3.27. The highest BCUT2D eigenvalue weighted by Crippen LogP contribution is 2.31. The second kappa shape index (κ2) is 9.59. The van der Waals surface area contributed by atoms with Crippen LogP contribution in [0.2, 0.25) is 0 Å². The second-order valence-electron chi connectivity index (χ2n) is 6.25. The van der Waals surface area contributed by atoms with Crippen LogP contribution < -0.4 is 10.6 Å². The Bertz CT molecular complexity index is 1100. The minimum atomic E-state index is -3.93. The van der Waals surface area contributed by atoms with Gasteiger partial charge in [-0.25, -0.2) is 12.8 Å². The molecule has 156 valence electrons. The number of carbonyl (C=O) groups excluding carboxylic acids is 2. The van der Waals surface area contributed by atoms with E-state index in [0.29, 0.717) is 4.88 Å². The molecule has 0 saturated heterocycles. The Balaban J connectivity index is 1.69. The van der Waals surface area contributed by atoms with Crippen LogP contribution >= 0.6 is 11.3 Å². The highest BCUT2D eigenvalue weighted by atomic mass is 32.2. The maximum atomic E-state index is 13.2.